The summed E-state index contributed by atoms with van der Waals surface area (Å²) in [6.07, 6.45) is 2.23. The number of aliphatic carboxylic acids is 1. The Bertz CT molecular complexity index is 308. The number of aromatic nitrogens is 1. The summed E-state index contributed by atoms with van der Waals surface area (Å²) in [5, 5.41) is 8.48. The van der Waals surface area contributed by atoms with Crippen molar-refractivity contribution in [1.82, 2.24) is 4.98 Å². The quantitative estimate of drug-likeness (QED) is 0.756. The summed E-state index contributed by atoms with van der Waals surface area (Å²) in [4.78, 5) is 14.4. The molecule has 76 valence electrons. The van der Waals surface area contributed by atoms with Gasteiger partial charge in [-0.05, 0) is 25.0 Å². The summed E-state index contributed by atoms with van der Waals surface area (Å²) in [6, 6.07) is 3.52. The molecule has 4 nitrogen and oxygen atoms in total. The van der Waals surface area contributed by atoms with Crippen LogP contribution >= 0.6 is 0 Å². The molecule has 4 heteroatoms. The average molecular weight is 194 g/mol. The minimum absolute atomic E-state index is 0.0923. The molecule has 0 bridgehead atoms. The molecule has 0 aliphatic heterocycles. The molecule has 0 amide bonds. The van der Waals surface area contributed by atoms with Crippen LogP contribution in [0.3, 0.4) is 0 Å². The van der Waals surface area contributed by atoms with Crippen LogP contribution in [0.25, 0.3) is 0 Å². The lowest BCUT2D eigenvalue weighted by Crippen LogP contribution is -2.12. The topological polar surface area (TPSA) is 76.2 Å². The SMILES string of the molecule is Cc1ccc(C(N)CCC(=O)O)cn1. The van der Waals surface area contributed by atoms with Crippen molar-refractivity contribution in [2.24, 2.45) is 5.73 Å². The van der Waals surface area contributed by atoms with Crippen molar-refractivity contribution in [1.29, 1.82) is 0 Å². The molecule has 0 radical (unpaired) electrons. The van der Waals surface area contributed by atoms with Crippen molar-refractivity contribution in [3.63, 3.8) is 0 Å². The Morgan fingerprint density at radius 1 is 1.64 bits per heavy atom. The maximum absolute atomic E-state index is 10.3. The van der Waals surface area contributed by atoms with Crippen molar-refractivity contribution in [3.8, 4) is 0 Å². The van der Waals surface area contributed by atoms with E-state index in [2.05, 4.69) is 4.98 Å². The summed E-state index contributed by atoms with van der Waals surface area (Å²) in [7, 11) is 0. The minimum atomic E-state index is -0.819. The maximum atomic E-state index is 10.3. The van der Waals surface area contributed by atoms with E-state index in [4.69, 9.17) is 10.8 Å². The van der Waals surface area contributed by atoms with Crippen molar-refractivity contribution < 1.29 is 9.90 Å². The van der Waals surface area contributed by atoms with Crippen LogP contribution in [0.4, 0.5) is 0 Å². The monoisotopic (exact) mass is 194 g/mol. The van der Waals surface area contributed by atoms with Crippen LogP contribution in [0, 0.1) is 6.92 Å². The summed E-state index contributed by atoms with van der Waals surface area (Å²) in [5.74, 6) is -0.819. The number of carbonyl (C=O) groups is 1. The van der Waals surface area contributed by atoms with E-state index >= 15 is 0 Å². The summed E-state index contributed by atoms with van der Waals surface area (Å²) >= 11 is 0. The van der Waals surface area contributed by atoms with E-state index in [1.54, 1.807) is 6.20 Å². The first-order chi connectivity index (χ1) is 6.59. The van der Waals surface area contributed by atoms with E-state index in [-0.39, 0.29) is 12.5 Å². The minimum Gasteiger partial charge on any atom is -0.481 e. The van der Waals surface area contributed by atoms with Crippen LogP contribution in [0.2, 0.25) is 0 Å². The van der Waals surface area contributed by atoms with Crippen molar-refractivity contribution in [2.75, 3.05) is 0 Å². The Hall–Kier alpha value is -1.42. The molecule has 14 heavy (non-hydrogen) atoms. The molecular weight excluding hydrogens is 180 g/mol. The van der Waals surface area contributed by atoms with Gasteiger partial charge < -0.3 is 10.8 Å². The van der Waals surface area contributed by atoms with E-state index in [1.807, 2.05) is 19.1 Å². The van der Waals surface area contributed by atoms with Gasteiger partial charge in [-0.2, -0.15) is 0 Å². The lowest BCUT2D eigenvalue weighted by atomic mass is 10.0. The van der Waals surface area contributed by atoms with Gasteiger partial charge in [0.05, 0.1) is 0 Å². The van der Waals surface area contributed by atoms with Crippen molar-refractivity contribution >= 4 is 5.97 Å². The molecule has 0 spiro atoms. The van der Waals surface area contributed by atoms with Gasteiger partial charge in [-0.3, -0.25) is 9.78 Å². The summed E-state index contributed by atoms with van der Waals surface area (Å²) in [5.41, 5.74) is 7.61. The van der Waals surface area contributed by atoms with Gasteiger partial charge in [-0.25, -0.2) is 0 Å². The van der Waals surface area contributed by atoms with E-state index in [9.17, 15) is 4.79 Å². The Morgan fingerprint density at radius 3 is 2.86 bits per heavy atom. The molecule has 1 aromatic rings. The smallest absolute Gasteiger partial charge is 0.303 e. The van der Waals surface area contributed by atoms with Crippen molar-refractivity contribution in [3.05, 3.63) is 29.6 Å². The number of rotatable bonds is 4. The Balaban J connectivity index is 2.56. The number of pyridine rings is 1. The highest BCUT2D eigenvalue weighted by molar-refractivity contribution is 5.66. The number of aryl methyl sites for hydroxylation is 1. The molecule has 1 unspecified atom stereocenters. The van der Waals surface area contributed by atoms with E-state index < -0.39 is 5.97 Å². The first-order valence-corrected chi connectivity index (χ1v) is 4.49. The normalized spacial score (nSPS) is 12.4. The van der Waals surface area contributed by atoms with Gasteiger partial charge in [0.1, 0.15) is 0 Å². The number of nitrogens with two attached hydrogens (primary N) is 1. The number of carboxylic acid groups (broad SMARTS) is 1. The lowest BCUT2D eigenvalue weighted by Gasteiger charge is -2.09. The standard InChI is InChI=1S/C10H14N2O2/c1-7-2-3-8(6-12-7)9(11)4-5-10(13)14/h2-3,6,9H,4-5,11H2,1H3,(H,13,14). The summed E-state index contributed by atoms with van der Waals surface area (Å²) < 4.78 is 0. The van der Waals surface area contributed by atoms with Crippen LogP contribution in [0.5, 0.6) is 0 Å². The zero-order chi connectivity index (χ0) is 10.6. The van der Waals surface area contributed by atoms with Crippen LogP contribution in [0.1, 0.15) is 30.1 Å². The van der Waals surface area contributed by atoms with Gasteiger partial charge in [0, 0.05) is 24.4 Å². The molecule has 0 aliphatic carbocycles. The Labute approximate surface area is 82.8 Å². The molecule has 3 N–H and O–H groups in total. The number of hydrogen-bond donors (Lipinski definition) is 2. The van der Waals surface area contributed by atoms with Gasteiger partial charge in [-0.15, -0.1) is 0 Å². The van der Waals surface area contributed by atoms with E-state index in [1.165, 1.54) is 0 Å². The predicted octanol–water partition coefficient (Wildman–Crippen LogP) is 1.25. The van der Waals surface area contributed by atoms with Crippen molar-refractivity contribution in [2.45, 2.75) is 25.8 Å². The Kier molecular flexibility index (Phi) is 3.59. The molecule has 1 heterocycles. The molecule has 0 aromatic carbocycles. The summed E-state index contributed by atoms with van der Waals surface area (Å²) in [6.45, 7) is 1.90. The molecule has 0 saturated heterocycles. The molecule has 0 aliphatic rings. The first kappa shape index (κ1) is 10.7. The second kappa shape index (κ2) is 4.72. The number of carboxylic acids is 1. The van der Waals surface area contributed by atoms with Crippen LogP contribution < -0.4 is 5.73 Å². The highest BCUT2D eigenvalue weighted by Gasteiger charge is 2.08. The Morgan fingerprint density at radius 2 is 2.36 bits per heavy atom. The van der Waals surface area contributed by atoms with E-state index in [0.29, 0.717) is 6.42 Å². The molecule has 1 rings (SSSR count). The fourth-order valence-electron chi connectivity index (χ4n) is 1.14. The largest absolute Gasteiger partial charge is 0.481 e. The third-order valence-electron chi connectivity index (χ3n) is 2.03. The molecular formula is C10H14N2O2. The first-order valence-electron chi connectivity index (χ1n) is 4.49. The fourth-order valence-corrected chi connectivity index (χ4v) is 1.14. The van der Waals surface area contributed by atoms with Crippen LogP contribution in [-0.2, 0) is 4.79 Å². The highest BCUT2D eigenvalue weighted by atomic mass is 16.4. The maximum Gasteiger partial charge on any atom is 0.303 e. The molecule has 0 saturated carbocycles. The van der Waals surface area contributed by atoms with Crippen LogP contribution in [0.15, 0.2) is 18.3 Å². The molecule has 0 fully saturated rings. The molecule has 1 atom stereocenters. The van der Waals surface area contributed by atoms with Gasteiger partial charge in [0.2, 0.25) is 0 Å². The zero-order valence-electron chi connectivity index (χ0n) is 8.10. The third kappa shape index (κ3) is 3.14. The van der Waals surface area contributed by atoms with Crippen LogP contribution in [-0.4, -0.2) is 16.1 Å². The number of hydrogen-bond acceptors (Lipinski definition) is 3. The van der Waals surface area contributed by atoms with Gasteiger partial charge in [-0.1, -0.05) is 6.07 Å². The van der Waals surface area contributed by atoms with Gasteiger partial charge in [0.25, 0.3) is 0 Å². The second-order valence-corrected chi connectivity index (χ2v) is 3.27. The predicted molar refractivity (Wildman–Crippen MR) is 52.8 cm³/mol. The second-order valence-electron chi connectivity index (χ2n) is 3.27. The highest BCUT2D eigenvalue weighted by Crippen LogP contribution is 2.14. The van der Waals surface area contributed by atoms with Gasteiger partial charge >= 0.3 is 5.97 Å². The van der Waals surface area contributed by atoms with Gasteiger partial charge in [0.15, 0.2) is 0 Å². The fraction of sp³-hybridized carbons (Fsp3) is 0.400. The van der Waals surface area contributed by atoms with E-state index in [0.717, 1.165) is 11.3 Å². The third-order valence-corrected chi connectivity index (χ3v) is 2.03. The number of nitrogens with zero attached hydrogens (tertiary/aromatic N) is 1. The zero-order valence-corrected chi connectivity index (χ0v) is 8.10. The average Bonchev–Trinajstić information content (AvgIpc) is 2.15. The molecule has 1 aromatic heterocycles. The lowest BCUT2D eigenvalue weighted by molar-refractivity contribution is -0.137.